The van der Waals surface area contributed by atoms with E-state index < -0.39 is 0 Å². The molecule has 4 rings (SSSR count). The van der Waals surface area contributed by atoms with Gasteiger partial charge in [0.15, 0.2) is 0 Å². The molecule has 4 nitrogen and oxygen atoms in total. The highest BCUT2D eigenvalue weighted by molar-refractivity contribution is 5.25. The van der Waals surface area contributed by atoms with Gasteiger partial charge in [0.25, 0.3) is 5.56 Å². The molecule has 1 fully saturated rings. The van der Waals surface area contributed by atoms with Crippen molar-refractivity contribution in [2.24, 2.45) is 0 Å². The summed E-state index contributed by atoms with van der Waals surface area (Å²) in [4.78, 5) is 17.7. The Labute approximate surface area is 123 Å². The van der Waals surface area contributed by atoms with Crippen molar-refractivity contribution in [3.8, 4) is 0 Å². The van der Waals surface area contributed by atoms with E-state index in [4.69, 9.17) is 4.98 Å². The Morgan fingerprint density at radius 2 is 2.05 bits per heavy atom. The fourth-order valence-corrected chi connectivity index (χ4v) is 3.03. The lowest BCUT2D eigenvalue weighted by molar-refractivity contribution is 0.576. The van der Waals surface area contributed by atoms with Crippen molar-refractivity contribution in [3.63, 3.8) is 0 Å². The zero-order valence-corrected chi connectivity index (χ0v) is 12.0. The second kappa shape index (κ2) is 5.11. The summed E-state index contributed by atoms with van der Waals surface area (Å²) in [6, 6.07) is 10.2. The second-order valence-corrected chi connectivity index (χ2v) is 5.97. The van der Waals surface area contributed by atoms with Gasteiger partial charge < -0.3 is 5.32 Å². The predicted molar refractivity (Wildman–Crippen MR) is 81.4 cm³/mol. The Morgan fingerprint density at radius 3 is 2.81 bits per heavy atom. The number of fused-ring (bicyclic) bond motifs is 1. The summed E-state index contributed by atoms with van der Waals surface area (Å²) in [5.41, 5.74) is 3.19. The summed E-state index contributed by atoms with van der Waals surface area (Å²) < 4.78 is 1.90. The van der Waals surface area contributed by atoms with Crippen molar-refractivity contribution in [2.75, 3.05) is 6.54 Å². The van der Waals surface area contributed by atoms with E-state index in [0.29, 0.717) is 19.0 Å². The van der Waals surface area contributed by atoms with E-state index in [2.05, 4.69) is 17.4 Å². The average Bonchev–Trinajstić information content (AvgIpc) is 3.36. The highest BCUT2D eigenvalue weighted by Gasteiger charge is 2.30. The van der Waals surface area contributed by atoms with E-state index >= 15 is 0 Å². The molecule has 1 aliphatic heterocycles. The molecular weight excluding hydrogens is 262 g/mol. The molecule has 1 aliphatic carbocycles. The molecule has 108 valence electrons. The lowest BCUT2D eigenvalue weighted by Crippen LogP contribution is -2.37. The van der Waals surface area contributed by atoms with Crippen LogP contribution in [0.4, 0.5) is 0 Å². The van der Waals surface area contributed by atoms with Gasteiger partial charge >= 0.3 is 0 Å². The summed E-state index contributed by atoms with van der Waals surface area (Å²) in [7, 11) is 0. The molecule has 2 heterocycles. The molecule has 0 radical (unpaired) electrons. The molecule has 0 amide bonds. The maximum absolute atomic E-state index is 12.9. The molecule has 0 bridgehead atoms. The molecule has 2 aliphatic rings. The van der Waals surface area contributed by atoms with Crippen molar-refractivity contribution >= 4 is 0 Å². The van der Waals surface area contributed by atoms with Crippen LogP contribution >= 0.6 is 0 Å². The summed E-state index contributed by atoms with van der Waals surface area (Å²) in [6.07, 6.45) is 3.20. The SMILES string of the molecule is O=c1c2c(nc(C3CC3)n1Cc1ccccc1)CCNC2. The maximum atomic E-state index is 12.9. The molecule has 0 spiro atoms. The molecule has 1 aromatic heterocycles. The van der Waals surface area contributed by atoms with Crippen LogP contribution in [0.1, 0.15) is 41.4 Å². The summed E-state index contributed by atoms with van der Waals surface area (Å²) in [6.45, 7) is 2.21. The number of nitrogens with one attached hydrogen (secondary N) is 1. The Morgan fingerprint density at radius 1 is 1.24 bits per heavy atom. The van der Waals surface area contributed by atoms with Crippen molar-refractivity contribution in [2.45, 2.75) is 38.3 Å². The zero-order chi connectivity index (χ0) is 14.2. The van der Waals surface area contributed by atoms with Gasteiger partial charge in [-0.2, -0.15) is 0 Å². The second-order valence-electron chi connectivity index (χ2n) is 5.97. The minimum absolute atomic E-state index is 0.151. The maximum Gasteiger partial charge on any atom is 0.258 e. The van der Waals surface area contributed by atoms with Gasteiger partial charge in [-0.15, -0.1) is 0 Å². The number of hydrogen-bond acceptors (Lipinski definition) is 3. The van der Waals surface area contributed by atoms with Crippen LogP contribution < -0.4 is 10.9 Å². The van der Waals surface area contributed by atoms with Crippen LogP contribution in [0.25, 0.3) is 0 Å². The average molecular weight is 281 g/mol. The van der Waals surface area contributed by atoms with Gasteiger partial charge in [-0.25, -0.2) is 4.98 Å². The highest BCUT2D eigenvalue weighted by Crippen LogP contribution is 2.39. The lowest BCUT2D eigenvalue weighted by Gasteiger charge is -2.20. The Bertz CT molecular complexity index is 717. The first-order valence-corrected chi connectivity index (χ1v) is 7.70. The van der Waals surface area contributed by atoms with E-state index in [-0.39, 0.29) is 5.56 Å². The monoisotopic (exact) mass is 281 g/mol. The van der Waals surface area contributed by atoms with Crippen LogP contribution in [0.2, 0.25) is 0 Å². The minimum Gasteiger partial charge on any atom is -0.312 e. The van der Waals surface area contributed by atoms with Crippen LogP contribution in [0.3, 0.4) is 0 Å². The largest absolute Gasteiger partial charge is 0.312 e. The first-order chi connectivity index (χ1) is 10.3. The molecular formula is C17H19N3O. The van der Waals surface area contributed by atoms with Gasteiger partial charge in [0.1, 0.15) is 5.82 Å². The zero-order valence-electron chi connectivity index (χ0n) is 12.0. The molecule has 0 atom stereocenters. The number of rotatable bonds is 3. The highest BCUT2D eigenvalue weighted by atomic mass is 16.1. The molecule has 1 saturated carbocycles. The third-order valence-corrected chi connectivity index (χ3v) is 4.34. The first-order valence-electron chi connectivity index (χ1n) is 7.70. The fourth-order valence-electron chi connectivity index (χ4n) is 3.03. The predicted octanol–water partition coefficient (Wildman–Crippen LogP) is 1.81. The third-order valence-electron chi connectivity index (χ3n) is 4.34. The Kier molecular flexibility index (Phi) is 3.11. The number of hydrogen-bond donors (Lipinski definition) is 1. The van der Waals surface area contributed by atoms with Gasteiger partial charge in [0.05, 0.1) is 17.8 Å². The standard InChI is InChI=1S/C17H19N3O/c21-17-14-10-18-9-8-15(14)19-16(13-6-7-13)20(17)11-12-4-2-1-3-5-12/h1-5,13,18H,6-11H2. The van der Waals surface area contributed by atoms with E-state index in [1.807, 2.05) is 22.8 Å². The van der Waals surface area contributed by atoms with E-state index in [1.54, 1.807) is 0 Å². The number of aromatic nitrogens is 2. The number of nitrogens with zero attached hydrogens (tertiary/aromatic N) is 2. The summed E-state index contributed by atoms with van der Waals surface area (Å²) in [5.74, 6) is 1.49. The molecule has 1 aromatic carbocycles. The Hall–Kier alpha value is -1.94. The van der Waals surface area contributed by atoms with Gasteiger partial charge in [-0.05, 0) is 18.4 Å². The molecule has 2 aromatic rings. The van der Waals surface area contributed by atoms with Gasteiger partial charge in [0.2, 0.25) is 0 Å². The molecule has 0 unspecified atom stereocenters. The van der Waals surface area contributed by atoms with Crippen LogP contribution in [0.15, 0.2) is 35.1 Å². The first kappa shape index (κ1) is 12.8. The van der Waals surface area contributed by atoms with Gasteiger partial charge in [0, 0.05) is 25.4 Å². The van der Waals surface area contributed by atoms with E-state index in [0.717, 1.165) is 48.5 Å². The lowest BCUT2D eigenvalue weighted by atomic mass is 10.1. The van der Waals surface area contributed by atoms with Crippen LogP contribution in [-0.2, 0) is 19.5 Å². The van der Waals surface area contributed by atoms with Crippen molar-refractivity contribution in [1.82, 2.24) is 14.9 Å². The molecule has 21 heavy (non-hydrogen) atoms. The third kappa shape index (κ3) is 2.40. The quantitative estimate of drug-likeness (QED) is 0.933. The van der Waals surface area contributed by atoms with Crippen molar-refractivity contribution < 1.29 is 0 Å². The van der Waals surface area contributed by atoms with E-state index in [9.17, 15) is 4.79 Å². The summed E-state index contributed by atoms with van der Waals surface area (Å²) >= 11 is 0. The van der Waals surface area contributed by atoms with E-state index in [1.165, 1.54) is 0 Å². The van der Waals surface area contributed by atoms with Crippen LogP contribution in [-0.4, -0.2) is 16.1 Å². The van der Waals surface area contributed by atoms with Crippen molar-refractivity contribution in [3.05, 3.63) is 63.3 Å². The topological polar surface area (TPSA) is 46.9 Å². The van der Waals surface area contributed by atoms with Crippen molar-refractivity contribution in [1.29, 1.82) is 0 Å². The Balaban J connectivity index is 1.82. The summed E-state index contributed by atoms with van der Waals surface area (Å²) in [5, 5.41) is 3.28. The molecule has 1 N–H and O–H groups in total. The normalized spacial score (nSPS) is 17.5. The van der Waals surface area contributed by atoms with Gasteiger partial charge in [-0.3, -0.25) is 9.36 Å². The van der Waals surface area contributed by atoms with Gasteiger partial charge in [-0.1, -0.05) is 30.3 Å². The van der Waals surface area contributed by atoms with Crippen LogP contribution in [0, 0.1) is 0 Å². The molecule has 0 saturated heterocycles. The smallest absolute Gasteiger partial charge is 0.258 e. The molecule has 4 heteroatoms. The fraction of sp³-hybridized carbons (Fsp3) is 0.412. The minimum atomic E-state index is 0.151. The number of benzene rings is 1. The van der Waals surface area contributed by atoms with Crippen LogP contribution in [0.5, 0.6) is 0 Å².